The van der Waals surface area contributed by atoms with Crippen LogP contribution >= 0.6 is 15.9 Å². The van der Waals surface area contributed by atoms with Gasteiger partial charge in [0.05, 0.1) is 20.4 Å². The van der Waals surface area contributed by atoms with Gasteiger partial charge in [0.15, 0.2) is 11.5 Å². The lowest BCUT2D eigenvalue weighted by Crippen LogP contribution is -2.38. The summed E-state index contributed by atoms with van der Waals surface area (Å²) in [5, 5.41) is 6.28. The molecule has 2 amide bonds. The summed E-state index contributed by atoms with van der Waals surface area (Å²) in [5.74, 6) is -0.424. The van der Waals surface area contributed by atoms with Crippen molar-refractivity contribution in [1.29, 1.82) is 0 Å². The van der Waals surface area contributed by atoms with Crippen molar-refractivity contribution in [3.05, 3.63) is 22.2 Å². The molecule has 0 saturated carbocycles. The minimum absolute atomic E-state index is 0.466. The first-order chi connectivity index (χ1) is 11.0. The molecule has 1 aromatic carbocycles. The van der Waals surface area contributed by atoms with Gasteiger partial charge in [0.2, 0.25) is 0 Å². The van der Waals surface area contributed by atoms with Gasteiger partial charge in [0.25, 0.3) is 0 Å². The highest BCUT2D eigenvalue weighted by Crippen LogP contribution is 2.32. The molecule has 0 aliphatic rings. The molecule has 126 valence electrons. The Labute approximate surface area is 143 Å². The standard InChI is InChI=1S/C15H20BrN3O4/c1-4-5-6-17-14(20)15(21)19-18-9-10-7-12(22-2)13(23-3)8-11(10)16/h7-9H,4-6H2,1-3H3,(H,17,20)(H,19,21)/b18-9-. The number of nitrogens with zero attached hydrogens (tertiary/aromatic N) is 1. The van der Waals surface area contributed by atoms with Crippen molar-refractivity contribution in [2.75, 3.05) is 20.8 Å². The molecule has 23 heavy (non-hydrogen) atoms. The maximum absolute atomic E-state index is 11.5. The van der Waals surface area contributed by atoms with Gasteiger partial charge in [-0.25, -0.2) is 5.43 Å². The van der Waals surface area contributed by atoms with Crippen LogP contribution in [0.15, 0.2) is 21.7 Å². The van der Waals surface area contributed by atoms with Crippen molar-refractivity contribution in [3.63, 3.8) is 0 Å². The average molecular weight is 386 g/mol. The van der Waals surface area contributed by atoms with E-state index in [1.807, 2.05) is 6.92 Å². The summed E-state index contributed by atoms with van der Waals surface area (Å²) in [6.07, 6.45) is 3.16. The lowest BCUT2D eigenvalue weighted by atomic mass is 10.2. The summed E-state index contributed by atoms with van der Waals surface area (Å²) in [4.78, 5) is 23.0. The van der Waals surface area contributed by atoms with Crippen molar-refractivity contribution in [1.82, 2.24) is 10.7 Å². The fourth-order valence-electron chi connectivity index (χ4n) is 1.64. The number of rotatable bonds is 7. The molecule has 0 bridgehead atoms. The van der Waals surface area contributed by atoms with E-state index in [0.717, 1.165) is 12.8 Å². The number of benzene rings is 1. The number of amides is 2. The molecule has 8 heteroatoms. The van der Waals surface area contributed by atoms with Crippen LogP contribution in [-0.2, 0) is 9.59 Å². The number of carbonyl (C=O) groups is 2. The van der Waals surface area contributed by atoms with E-state index in [4.69, 9.17) is 9.47 Å². The van der Waals surface area contributed by atoms with E-state index < -0.39 is 11.8 Å². The summed E-state index contributed by atoms with van der Waals surface area (Å²) < 4.78 is 11.1. The lowest BCUT2D eigenvalue weighted by molar-refractivity contribution is -0.139. The second kappa shape index (κ2) is 9.83. The molecule has 2 N–H and O–H groups in total. The normalized spacial score (nSPS) is 10.4. The predicted octanol–water partition coefficient (Wildman–Crippen LogP) is 1.83. The molecular weight excluding hydrogens is 366 g/mol. The largest absolute Gasteiger partial charge is 0.493 e. The first kappa shape index (κ1) is 19.0. The summed E-state index contributed by atoms with van der Waals surface area (Å²) >= 11 is 3.37. The van der Waals surface area contributed by atoms with E-state index >= 15 is 0 Å². The van der Waals surface area contributed by atoms with Gasteiger partial charge in [-0.1, -0.05) is 13.3 Å². The van der Waals surface area contributed by atoms with Crippen LogP contribution in [0.5, 0.6) is 11.5 Å². The summed E-state index contributed by atoms with van der Waals surface area (Å²) in [7, 11) is 3.06. The Morgan fingerprint density at radius 1 is 1.22 bits per heavy atom. The first-order valence-corrected chi connectivity index (χ1v) is 7.85. The van der Waals surface area contributed by atoms with E-state index in [9.17, 15) is 9.59 Å². The van der Waals surface area contributed by atoms with Crippen LogP contribution in [0.2, 0.25) is 0 Å². The zero-order valence-corrected chi connectivity index (χ0v) is 14.9. The lowest BCUT2D eigenvalue weighted by Gasteiger charge is -2.09. The Bertz CT molecular complexity index is 590. The molecule has 7 nitrogen and oxygen atoms in total. The van der Waals surface area contributed by atoms with Crippen LogP contribution < -0.4 is 20.2 Å². The van der Waals surface area contributed by atoms with E-state index in [2.05, 4.69) is 31.8 Å². The van der Waals surface area contributed by atoms with Gasteiger partial charge in [0.1, 0.15) is 0 Å². The van der Waals surface area contributed by atoms with Crippen LogP contribution in [-0.4, -0.2) is 38.8 Å². The van der Waals surface area contributed by atoms with Gasteiger partial charge in [-0.05, 0) is 34.5 Å². The molecule has 1 rings (SSSR count). The topological polar surface area (TPSA) is 89.0 Å². The smallest absolute Gasteiger partial charge is 0.329 e. The average Bonchev–Trinajstić information content (AvgIpc) is 2.55. The fourth-order valence-corrected chi connectivity index (χ4v) is 2.06. The summed E-state index contributed by atoms with van der Waals surface area (Å²) in [6.45, 7) is 2.46. The van der Waals surface area contributed by atoms with Crippen molar-refractivity contribution < 1.29 is 19.1 Å². The molecule has 0 spiro atoms. The number of hydrogen-bond acceptors (Lipinski definition) is 5. The molecule has 0 fully saturated rings. The second-order valence-electron chi connectivity index (χ2n) is 4.54. The van der Waals surface area contributed by atoms with E-state index in [-0.39, 0.29) is 0 Å². The molecule has 0 heterocycles. The van der Waals surface area contributed by atoms with Gasteiger partial charge in [-0.3, -0.25) is 9.59 Å². The highest BCUT2D eigenvalue weighted by molar-refractivity contribution is 9.10. The molecule has 0 aliphatic heterocycles. The van der Waals surface area contributed by atoms with Crippen molar-refractivity contribution in [3.8, 4) is 11.5 Å². The third kappa shape index (κ3) is 5.90. The maximum atomic E-state index is 11.5. The minimum atomic E-state index is -0.811. The van der Waals surface area contributed by atoms with Crippen molar-refractivity contribution in [2.45, 2.75) is 19.8 Å². The van der Waals surface area contributed by atoms with Crippen LogP contribution in [0.1, 0.15) is 25.3 Å². The Morgan fingerprint density at radius 3 is 2.48 bits per heavy atom. The number of methoxy groups -OCH3 is 2. The molecular formula is C15H20BrN3O4. The molecule has 0 aliphatic carbocycles. The third-order valence-electron chi connectivity index (χ3n) is 2.89. The second-order valence-corrected chi connectivity index (χ2v) is 5.39. The van der Waals surface area contributed by atoms with Crippen LogP contribution in [0.25, 0.3) is 0 Å². The molecule has 0 atom stereocenters. The molecule has 0 saturated heterocycles. The van der Waals surface area contributed by atoms with E-state index in [0.29, 0.717) is 28.1 Å². The molecule has 1 aromatic rings. The quantitative estimate of drug-likeness (QED) is 0.324. The SMILES string of the molecule is CCCCNC(=O)C(=O)N/N=C\c1cc(OC)c(OC)cc1Br. The van der Waals surface area contributed by atoms with Gasteiger partial charge >= 0.3 is 11.8 Å². The van der Waals surface area contributed by atoms with Gasteiger partial charge < -0.3 is 14.8 Å². The number of hydrazone groups is 1. The van der Waals surface area contributed by atoms with Crippen LogP contribution in [0.4, 0.5) is 0 Å². The first-order valence-electron chi connectivity index (χ1n) is 7.06. The Kier molecular flexibility index (Phi) is 8.10. The number of carbonyl (C=O) groups excluding carboxylic acids is 2. The molecule has 0 aromatic heterocycles. The number of ether oxygens (including phenoxy) is 2. The monoisotopic (exact) mass is 385 g/mol. The Hall–Kier alpha value is -2.09. The molecule has 0 unspecified atom stereocenters. The minimum Gasteiger partial charge on any atom is -0.493 e. The number of unbranched alkanes of at least 4 members (excludes halogenated alkanes) is 1. The van der Waals surface area contributed by atoms with Gasteiger partial charge in [0, 0.05) is 16.6 Å². The van der Waals surface area contributed by atoms with Crippen LogP contribution in [0, 0.1) is 0 Å². The number of nitrogens with one attached hydrogen (secondary N) is 2. The highest BCUT2D eigenvalue weighted by atomic mass is 79.9. The summed E-state index contributed by atoms with van der Waals surface area (Å²) in [5.41, 5.74) is 2.84. The van der Waals surface area contributed by atoms with E-state index in [1.54, 1.807) is 12.1 Å². The van der Waals surface area contributed by atoms with Gasteiger partial charge in [-0.2, -0.15) is 5.10 Å². The van der Waals surface area contributed by atoms with E-state index in [1.165, 1.54) is 20.4 Å². The van der Waals surface area contributed by atoms with Crippen molar-refractivity contribution >= 4 is 34.0 Å². The molecule has 0 radical (unpaired) electrons. The fraction of sp³-hybridized carbons (Fsp3) is 0.400. The Morgan fingerprint density at radius 2 is 1.87 bits per heavy atom. The van der Waals surface area contributed by atoms with Gasteiger partial charge in [-0.15, -0.1) is 0 Å². The van der Waals surface area contributed by atoms with Crippen molar-refractivity contribution in [2.24, 2.45) is 5.10 Å². The number of halogens is 1. The highest BCUT2D eigenvalue weighted by Gasteiger charge is 2.12. The predicted molar refractivity (Wildman–Crippen MR) is 90.9 cm³/mol. The van der Waals surface area contributed by atoms with Crippen LogP contribution in [0.3, 0.4) is 0 Å². The Balaban J connectivity index is 2.67. The zero-order valence-electron chi connectivity index (χ0n) is 13.3. The zero-order chi connectivity index (χ0) is 17.2. The number of hydrogen-bond donors (Lipinski definition) is 2. The maximum Gasteiger partial charge on any atom is 0.329 e. The third-order valence-corrected chi connectivity index (χ3v) is 3.58. The summed E-state index contributed by atoms with van der Waals surface area (Å²) in [6, 6.07) is 3.42.